The molecule has 4 aromatic rings. The van der Waals surface area contributed by atoms with Crippen LogP contribution in [0.2, 0.25) is 0 Å². The number of carbonyl (C=O) groups is 1. The van der Waals surface area contributed by atoms with Crippen molar-refractivity contribution < 1.29 is 4.79 Å². The van der Waals surface area contributed by atoms with E-state index in [1.807, 2.05) is 30.0 Å². The third-order valence-corrected chi connectivity index (χ3v) is 6.49. The summed E-state index contributed by atoms with van der Waals surface area (Å²) in [4.78, 5) is 31.5. The van der Waals surface area contributed by atoms with Crippen molar-refractivity contribution in [3.05, 3.63) is 60.2 Å². The monoisotopic (exact) mass is 444 g/mol. The predicted octanol–water partition coefficient (Wildman–Crippen LogP) is 4.27. The van der Waals surface area contributed by atoms with Crippen molar-refractivity contribution in [2.45, 2.75) is 6.92 Å². The number of fused-ring (bicyclic) bond motifs is 1. The Hall–Kier alpha value is -3.52. The first-order chi connectivity index (χ1) is 15.7. The van der Waals surface area contributed by atoms with E-state index >= 15 is 0 Å². The average Bonchev–Trinajstić information content (AvgIpc) is 3.29. The van der Waals surface area contributed by atoms with Gasteiger partial charge in [-0.1, -0.05) is 30.3 Å². The van der Waals surface area contributed by atoms with Crippen LogP contribution in [-0.2, 0) is 0 Å². The van der Waals surface area contributed by atoms with E-state index in [0.29, 0.717) is 25.5 Å². The molecular weight excluding hydrogens is 420 g/mol. The van der Waals surface area contributed by atoms with Crippen molar-refractivity contribution in [1.82, 2.24) is 25.2 Å². The van der Waals surface area contributed by atoms with Gasteiger partial charge in [0.15, 0.2) is 5.82 Å². The lowest BCUT2D eigenvalue weighted by Crippen LogP contribution is -2.52. The van der Waals surface area contributed by atoms with Crippen molar-refractivity contribution >= 4 is 33.4 Å². The molecule has 0 atom stereocenters. The number of hydrogen-bond donors (Lipinski definition) is 1. The van der Waals surface area contributed by atoms with Gasteiger partial charge in [0.1, 0.15) is 10.6 Å². The number of piperazine rings is 1. The summed E-state index contributed by atoms with van der Waals surface area (Å²) in [6.45, 7) is 5.33. The minimum absolute atomic E-state index is 0.00320. The van der Waals surface area contributed by atoms with Crippen LogP contribution < -0.4 is 10.2 Å². The Morgan fingerprint density at radius 2 is 1.81 bits per heavy atom. The second-order valence-electron chi connectivity index (χ2n) is 7.62. The molecule has 162 valence electrons. The first-order valence-electron chi connectivity index (χ1n) is 10.8. The molecule has 4 heterocycles. The molecule has 0 bridgehead atoms. The molecule has 0 unspecified atom stereocenters. The summed E-state index contributed by atoms with van der Waals surface area (Å²) in [5.74, 6) is 1.60. The van der Waals surface area contributed by atoms with E-state index in [9.17, 15) is 4.79 Å². The maximum Gasteiger partial charge on any atom is 0.317 e. The van der Waals surface area contributed by atoms with Crippen molar-refractivity contribution in [1.29, 1.82) is 0 Å². The molecule has 1 saturated heterocycles. The molecular formula is C24H24N6OS. The fraction of sp³-hybridized carbons (Fsp3) is 0.250. The second-order valence-corrected chi connectivity index (χ2v) is 8.48. The first kappa shape index (κ1) is 20.4. The molecule has 1 fully saturated rings. The summed E-state index contributed by atoms with van der Waals surface area (Å²) in [6, 6.07) is 14.2. The van der Waals surface area contributed by atoms with E-state index in [1.165, 1.54) is 0 Å². The van der Waals surface area contributed by atoms with E-state index in [4.69, 9.17) is 9.97 Å². The Kier molecular flexibility index (Phi) is 5.68. The highest BCUT2D eigenvalue weighted by Gasteiger charge is 2.25. The summed E-state index contributed by atoms with van der Waals surface area (Å²) in [7, 11) is 0. The highest BCUT2D eigenvalue weighted by atomic mass is 32.1. The van der Waals surface area contributed by atoms with E-state index in [1.54, 1.807) is 23.7 Å². The zero-order chi connectivity index (χ0) is 21.9. The molecule has 7 nitrogen and oxygen atoms in total. The molecule has 3 aromatic heterocycles. The summed E-state index contributed by atoms with van der Waals surface area (Å²) in [5, 5.41) is 6.13. The van der Waals surface area contributed by atoms with Gasteiger partial charge in [-0.2, -0.15) is 0 Å². The quantitative estimate of drug-likeness (QED) is 0.509. The smallest absolute Gasteiger partial charge is 0.317 e. The third-order valence-electron chi connectivity index (χ3n) is 5.61. The van der Waals surface area contributed by atoms with Gasteiger partial charge in [0.25, 0.3) is 0 Å². The number of thiophene rings is 1. The van der Waals surface area contributed by atoms with Gasteiger partial charge in [-0.15, -0.1) is 11.3 Å². The molecule has 1 aliphatic rings. The minimum atomic E-state index is -0.00320. The number of nitrogens with zero attached hydrogens (tertiary/aromatic N) is 5. The van der Waals surface area contributed by atoms with Gasteiger partial charge in [0.2, 0.25) is 0 Å². The van der Waals surface area contributed by atoms with Gasteiger partial charge in [-0.05, 0) is 24.6 Å². The number of rotatable bonds is 4. The van der Waals surface area contributed by atoms with Gasteiger partial charge < -0.3 is 15.1 Å². The van der Waals surface area contributed by atoms with Gasteiger partial charge >= 0.3 is 6.03 Å². The Morgan fingerprint density at radius 3 is 2.53 bits per heavy atom. The van der Waals surface area contributed by atoms with E-state index in [2.05, 4.69) is 44.8 Å². The van der Waals surface area contributed by atoms with Gasteiger partial charge in [0, 0.05) is 61.6 Å². The van der Waals surface area contributed by atoms with E-state index < -0.39 is 0 Å². The van der Waals surface area contributed by atoms with Crippen LogP contribution in [0.4, 0.5) is 10.6 Å². The number of anilines is 1. The molecule has 0 spiro atoms. The number of urea groups is 1. The summed E-state index contributed by atoms with van der Waals surface area (Å²) in [5.41, 5.74) is 3.19. The van der Waals surface area contributed by atoms with Gasteiger partial charge in [0.05, 0.1) is 5.39 Å². The standard InChI is InChI=1S/C24H24N6OS/c1-2-26-24(31)30-13-11-29(12-14-30)22-20-19(17-7-4-3-5-8-17)16-32-23(20)28-21(27-22)18-9-6-10-25-15-18/h3-10,15-16H,2,11-14H2,1H3,(H,26,31). The SMILES string of the molecule is CCNC(=O)N1CCN(c2nc(-c3cccnc3)nc3scc(-c4ccccc4)c23)CC1. The average molecular weight is 445 g/mol. The van der Waals surface area contributed by atoms with Gasteiger partial charge in [-0.25, -0.2) is 14.8 Å². The normalized spacial score (nSPS) is 14.0. The number of carbonyl (C=O) groups excluding carboxylic acids is 1. The van der Waals surface area contributed by atoms with Crippen LogP contribution in [-0.4, -0.2) is 58.6 Å². The zero-order valence-corrected chi connectivity index (χ0v) is 18.7. The Labute approximate surface area is 190 Å². The molecule has 1 aromatic carbocycles. The number of amides is 2. The second kappa shape index (κ2) is 8.92. The molecule has 5 rings (SSSR count). The van der Waals surface area contributed by atoms with Crippen molar-refractivity contribution in [2.24, 2.45) is 0 Å². The maximum absolute atomic E-state index is 12.3. The topological polar surface area (TPSA) is 74.2 Å². The van der Waals surface area contributed by atoms with Crippen molar-refractivity contribution in [3.8, 4) is 22.5 Å². The Bertz CT molecular complexity index is 1220. The van der Waals surface area contributed by atoms with Crippen LogP contribution >= 0.6 is 11.3 Å². The molecule has 0 aliphatic carbocycles. The first-order valence-corrected chi connectivity index (χ1v) is 11.7. The Morgan fingerprint density at radius 1 is 1.03 bits per heavy atom. The van der Waals surface area contributed by atoms with Crippen LogP contribution in [0, 0.1) is 0 Å². The fourth-order valence-corrected chi connectivity index (χ4v) is 4.93. The Balaban J connectivity index is 1.58. The van der Waals surface area contributed by atoms with Crippen LogP contribution in [0.15, 0.2) is 60.2 Å². The lowest BCUT2D eigenvalue weighted by molar-refractivity contribution is 0.195. The van der Waals surface area contributed by atoms with E-state index in [-0.39, 0.29) is 6.03 Å². The van der Waals surface area contributed by atoms with Crippen LogP contribution in [0.3, 0.4) is 0 Å². The third kappa shape index (κ3) is 3.89. The zero-order valence-electron chi connectivity index (χ0n) is 17.9. The largest absolute Gasteiger partial charge is 0.352 e. The number of pyridine rings is 1. The van der Waals surface area contributed by atoms with Crippen LogP contribution in [0.5, 0.6) is 0 Å². The number of aromatic nitrogens is 3. The predicted molar refractivity (Wildman–Crippen MR) is 129 cm³/mol. The lowest BCUT2D eigenvalue weighted by Gasteiger charge is -2.35. The fourth-order valence-electron chi connectivity index (χ4n) is 3.99. The summed E-state index contributed by atoms with van der Waals surface area (Å²) in [6.07, 6.45) is 3.55. The highest BCUT2D eigenvalue weighted by Crippen LogP contribution is 2.39. The summed E-state index contributed by atoms with van der Waals surface area (Å²) >= 11 is 1.64. The molecule has 8 heteroatoms. The number of nitrogens with one attached hydrogen (secondary N) is 1. The molecule has 2 amide bonds. The molecule has 0 radical (unpaired) electrons. The van der Waals surface area contributed by atoms with Crippen molar-refractivity contribution in [3.63, 3.8) is 0 Å². The highest BCUT2D eigenvalue weighted by molar-refractivity contribution is 7.17. The minimum Gasteiger partial charge on any atom is -0.352 e. The van der Waals surface area contributed by atoms with Gasteiger partial charge in [-0.3, -0.25) is 4.98 Å². The molecule has 1 aliphatic heterocycles. The van der Waals surface area contributed by atoms with Crippen molar-refractivity contribution in [2.75, 3.05) is 37.6 Å². The maximum atomic E-state index is 12.3. The molecule has 1 N–H and O–H groups in total. The number of benzene rings is 1. The van der Waals surface area contributed by atoms with Crippen LogP contribution in [0.25, 0.3) is 32.7 Å². The number of hydrogen-bond acceptors (Lipinski definition) is 6. The molecule has 32 heavy (non-hydrogen) atoms. The molecule has 0 saturated carbocycles. The lowest BCUT2D eigenvalue weighted by atomic mass is 10.1. The van der Waals surface area contributed by atoms with Crippen LogP contribution in [0.1, 0.15) is 6.92 Å². The van der Waals surface area contributed by atoms with E-state index in [0.717, 1.165) is 45.8 Å². The summed E-state index contributed by atoms with van der Waals surface area (Å²) < 4.78 is 0.